The molecule has 0 fully saturated rings. The number of carbonyl (C=O) groups excluding carboxylic acids is 2. The van der Waals surface area contributed by atoms with Gasteiger partial charge in [-0.1, -0.05) is 54.9 Å². The van der Waals surface area contributed by atoms with E-state index in [2.05, 4.69) is 47.3 Å². The van der Waals surface area contributed by atoms with Gasteiger partial charge in [0.15, 0.2) is 0 Å². The molecule has 6 heteroatoms. The summed E-state index contributed by atoms with van der Waals surface area (Å²) >= 11 is 4.87. The predicted molar refractivity (Wildman–Crippen MR) is 128 cm³/mol. The van der Waals surface area contributed by atoms with Crippen LogP contribution in [-0.4, -0.2) is 11.8 Å². The maximum atomic E-state index is 12.9. The molecule has 0 spiro atoms. The molecule has 0 aliphatic heterocycles. The van der Waals surface area contributed by atoms with Gasteiger partial charge in [-0.15, -0.1) is 11.3 Å². The van der Waals surface area contributed by atoms with Crippen LogP contribution in [0, 0.1) is 0 Å². The van der Waals surface area contributed by atoms with Crippen molar-refractivity contribution in [3.8, 4) is 0 Å². The summed E-state index contributed by atoms with van der Waals surface area (Å²) in [5.74, 6) is -0.713. The van der Waals surface area contributed by atoms with Gasteiger partial charge >= 0.3 is 0 Å². The van der Waals surface area contributed by atoms with Gasteiger partial charge in [0, 0.05) is 20.6 Å². The number of carbonyl (C=O) groups is 2. The Balaban J connectivity index is 1.81. The van der Waals surface area contributed by atoms with Gasteiger partial charge < -0.3 is 10.6 Å². The van der Waals surface area contributed by atoms with Gasteiger partial charge in [0.05, 0.1) is 0 Å². The van der Waals surface area contributed by atoms with Gasteiger partial charge in [-0.05, 0) is 64.9 Å². The van der Waals surface area contributed by atoms with E-state index in [1.54, 1.807) is 30.3 Å². The minimum absolute atomic E-state index is 0.00377. The van der Waals surface area contributed by atoms with E-state index in [0.29, 0.717) is 11.3 Å². The SMILES string of the molecule is CC(C)(C)c1ccc(C(=O)NC(=Cc2cccs2)C(=O)Nc2ccc(Br)cc2)cc1. The third-order valence-corrected chi connectivity index (χ3v) is 5.79. The van der Waals surface area contributed by atoms with Crippen LogP contribution in [0.25, 0.3) is 6.08 Å². The van der Waals surface area contributed by atoms with E-state index in [0.717, 1.165) is 14.9 Å². The average Bonchev–Trinajstić information content (AvgIpc) is 3.22. The zero-order valence-electron chi connectivity index (χ0n) is 17.0. The van der Waals surface area contributed by atoms with Gasteiger partial charge in [0.25, 0.3) is 11.8 Å². The van der Waals surface area contributed by atoms with E-state index < -0.39 is 0 Å². The fraction of sp³-hybridized carbons (Fsp3) is 0.167. The lowest BCUT2D eigenvalue weighted by Crippen LogP contribution is -2.30. The molecular weight excluding hydrogens is 460 g/mol. The summed E-state index contributed by atoms with van der Waals surface area (Å²) in [5, 5.41) is 7.52. The van der Waals surface area contributed by atoms with Crippen molar-refractivity contribution in [1.82, 2.24) is 5.32 Å². The highest BCUT2D eigenvalue weighted by Gasteiger charge is 2.17. The molecule has 2 N–H and O–H groups in total. The van der Waals surface area contributed by atoms with E-state index in [1.807, 2.05) is 41.8 Å². The quantitative estimate of drug-likeness (QED) is 0.424. The van der Waals surface area contributed by atoms with Gasteiger partial charge in [-0.25, -0.2) is 0 Å². The summed E-state index contributed by atoms with van der Waals surface area (Å²) in [6, 6.07) is 18.5. The van der Waals surface area contributed by atoms with Crippen molar-refractivity contribution in [2.45, 2.75) is 26.2 Å². The second-order valence-corrected chi connectivity index (χ2v) is 9.71. The van der Waals surface area contributed by atoms with Crippen molar-refractivity contribution >= 4 is 50.8 Å². The third kappa shape index (κ3) is 5.90. The number of nitrogens with one attached hydrogen (secondary N) is 2. The van der Waals surface area contributed by atoms with Crippen LogP contribution in [0.5, 0.6) is 0 Å². The summed E-state index contributed by atoms with van der Waals surface area (Å²) < 4.78 is 0.918. The first-order valence-electron chi connectivity index (χ1n) is 9.46. The predicted octanol–water partition coefficient (Wildman–Crippen LogP) is 6.22. The molecule has 0 aliphatic carbocycles. The van der Waals surface area contributed by atoms with Crippen LogP contribution in [0.1, 0.15) is 41.6 Å². The van der Waals surface area contributed by atoms with Crippen molar-refractivity contribution in [2.24, 2.45) is 0 Å². The summed E-state index contributed by atoms with van der Waals surface area (Å²) in [4.78, 5) is 26.6. The van der Waals surface area contributed by atoms with E-state index in [4.69, 9.17) is 0 Å². The Morgan fingerprint density at radius 2 is 1.63 bits per heavy atom. The highest BCUT2D eigenvalue weighted by molar-refractivity contribution is 9.10. The topological polar surface area (TPSA) is 58.2 Å². The van der Waals surface area contributed by atoms with E-state index in [-0.39, 0.29) is 22.9 Å². The summed E-state index contributed by atoms with van der Waals surface area (Å²) in [5.41, 5.74) is 2.47. The van der Waals surface area contributed by atoms with Gasteiger partial charge in [-0.3, -0.25) is 9.59 Å². The van der Waals surface area contributed by atoms with Crippen molar-refractivity contribution in [3.63, 3.8) is 0 Å². The molecule has 0 bridgehead atoms. The number of anilines is 1. The van der Waals surface area contributed by atoms with Crippen molar-refractivity contribution in [2.75, 3.05) is 5.32 Å². The minimum atomic E-state index is -0.384. The fourth-order valence-corrected chi connectivity index (χ4v) is 3.64. The summed E-state index contributed by atoms with van der Waals surface area (Å²) in [6.45, 7) is 6.36. The number of halogens is 1. The highest BCUT2D eigenvalue weighted by Crippen LogP contribution is 2.22. The smallest absolute Gasteiger partial charge is 0.272 e. The number of thiophene rings is 1. The van der Waals surface area contributed by atoms with Crippen molar-refractivity contribution < 1.29 is 9.59 Å². The highest BCUT2D eigenvalue weighted by atomic mass is 79.9. The number of hydrogen-bond acceptors (Lipinski definition) is 3. The Kier molecular flexibility index (Phi) is 6.90. The first kappa shape index (κ1) is 22.0. The molecule has 4 nitrogen and oxygen atoms in total. The number of amides is 2. The molecular formula is C24H23BrN2O2S. The lowest BCUT2D eigenvalue weighted by Gasteiger charge is -2.19. The lowest BCUT2D eigenvalue weighted by atomic mass is 9.87. The largest absolute Gasteiger partial charge is 0.321 e. The van der Waals surface area contributed by atoms with Gasteiger partial charge in [0.1, 0.15) is 5.70 Å². The molecule has 0 unspecified atom stereocenters. The average molecular weight is 483 g/mol. The molecule has 0 aliphatic rings. The first-order chi connectivity index (χ1) is 14.2. The number of benzene rings is 2. The Morgan fingerprint density at radius 3 is 2.20 bits per heavy atom. The zero-order valence-corrected chi connectivity index (χ0v) is 19.4. The van der Waals surface area contributed by atoms with Gasteiger partial charge in [0.2, 0.25) is 0 Å². The maximum Gasteiger partial charge on any atom is 0.272 e. The van der Waals surface area contributed by atoms with E-state index in [9.17, 15) is 9.59 Å². The van der Waals surface area contributed by atoms with E-state index in [1.165, 1.54) is 11.3 Å². The molecule has 0 atom stereocenters. The Labute approximate surface area is 189 Å². The second-order valence-electron chi connectivity index (χ2n) is 7.82. The normalized spacial score (nSPS) is 11.8. The molecule has 1 heterocycles. The fourth-order valence-electron chi connectivity index (χ4n) is 2.72. The van der Waals surface area contributed by atoms with Crippen LogP contribution in [0.4, 0.5) is 5.69 Å². The van der Waals surface area contributed by atoms with Crippen LogP contribution in [0.15, 0.2) is 76.2 Å². The Bertz CT molecular complexity index is 1050. The molecule has 0 saturated heterocycles. The van der Waals surface area contributed by atoms with Crippen LogP contribution in [0.2, 0.25) is 0 Å². The molecule has 0 saturated carbocycles. The molecule has 30 heavy (non-hydrogen) atoms. The van der Waals surface area contributed by atoms with Crippen molar-refractivity contribution in [1.29, 1.82) is 0 Å². The third-order valence-electron chi connectivity index (χ3n) is 4.44. The number of rotatable bonds is 5. The molecule has 2 aromatic carbocycles. The maximum absolute atomic E-state index is 12.9. The molecule has 1 aromatic heterocycles. The van der Waals surface area contributed by atoms with Crippen molar-refractivity contribution in [3.05, 3.63) is 92.2 Å². The Morgan fingerprint density at radius 1 is 0.967 bits per heavy atom. The standard InChI is InChI=1S/C24H23BrN2O2S/c1-24(2,3)17-8-6-16(7-9-17)22(28)27-21(15-20-5-4-14-30-20)23(29)26-19-12-10-18(25)11-13-19/h4-15H,1-3H3,(H,26,29)(H,27,28). The number of hydrogen-bond donors (Lipinski definition) is 2. The molecule has 154 valence electrons. The van der Waals surface area contributed by atoms with Crippen LogP contribution >= 0.6 is 27.3 Å². The minimum Gasteiger partial charge on any atom is -0.321 e. The van der Waals surface area contributed by atoms with E-state index >= 15 is 0 Å². The zero-order chi connectivity index (χ0) is 21.7. The van der Waals surface area contributed by atoms with Crippen LogP contribution in [0.3, 0.4) is 0 Å². The second kappa shape index (κ2) is 9.41. The van der Waals surface area contributed by atoms with Crippen LogP contribution in [-0.2, 0) is 10.2 Å². The molecule has 3 rings (SSSR count). The lowest BCUT2D eigenvalue weighted by molar-refractivity contribution is -0.113. The Hall–Kier alpha value is -2.70. The molecule has 0 radical (unpaired) electrons. The summed E-state index contributed by atoms with van der Waals surface area (Å²) in [6.07, 6.45) is 1.68. The summed E-state index contributed by atoms with van der Waals surface area (Å²) in [7, 11) is 0. The first-order valence-corrected chi connectivity index (χ1v) is 11.1. The molecule has 3 aromatic rings. The van der Waals surface area contributed by atoms with Gasteiger partial charge in [-0.2, -0.15) is 0 Å². The molecule has 2 amide bonds. The van der Waals surface area contributed by atoms with Crippen LogP contribution < -0.4 is 10.6 Å². The monoisotopic (exact) mass is 482 g/mol.